The number of ether oxygens (including phenoxy) is 1. The topological polar surface area (TPSA) is 41.6 Å². The Balaban J connectivity index is 1.77. The zero-order valence-corrected chi connectivity index (χ0v) is 13.1. The van der Waals surface area contributed by atoms with Gasteiger partial charge in [0.05, 0.1) is 6.61 Å². The molecule has 2 aliphatic rings. The molecule has 4 heteroatoms. The molecule has 2 saturated carbocycles. The van der Waals surface area contributed by atoms with Gasteiger partial charge in [0.1, 0.15) is 6.04 Å². The minimum absolute atomic E-state index is 0.0642. The Labute approximate surface area is 123 Å². The Morgan fingerprint density at radius 1 is 1.25 bits per heavy atom. The lowest BCUT2D eigenvalue weighted by atomic mass is 10.2. The van der Waals surface area contributed by atoms with E-state index in [9.17, 15) is 4.79 Å². The van der Waals surface area contributed by atoms with Gasteiger partial charge in [-0.25, -0.2) is 0 Å². The second-order valence-corrected chi connectivity index (χ2v) is 6.15. The zero-order chi connectivity index (χ0) is 14.4. The summed E-state index contributed by atoms with van der Waals surface area (Å²) in [7, 11) is 0. The zero-order valence-electron chi connectivity index (χ0n) is 13.1. The van der Waals surface area contributed by atoms with Gasteiger partial charge in [0.25, 0.3) is 0 Å². The number of esters is 1. The van der Waals surface area contributed by atoms with Gasteiger partial charge in [0.15, 0.2) is 0 Å². The molecule has 0 radical (unpaired) electrons. The first kappa shape index (κ1) is 15.8. The molecule has 2 aliphatic carbocycles. The highest BCUT2D eigenvalue weighted by Crippen LogP contribution is 2.27. The number of rotatable bonds is 11. The number of nitrogens with zero attached hydrogens (tertiary/aromatic N) is 1. The van der Waals surface area contributed by atoms with Crippen molar-refractivity contribution in [1.29, 1.82) is 0 Å². The molecule has 0 aromatic heterocycles. The fourth-order valence-corrected chi connectivity index (χ4v) is 2.62. The van der Waals surface area contributed by atoms with Crippen LogP contribution in [-0.4, -0.2) is 48.7 Å². The van der Waals surface area contributed by atoms with Crippen LogP contribution in [0.4, 0.5) is 0 Å². The number of carbonyl (C=O) groups excluding carboxylic acids is 1. The molecule has 0 aromatic carbocycles. The SMILES string of the molecule is CCCCN(CCC(NC1CC1)C(=O)OCC)C1CC1. The van der Waals surface area contributed by atoms with Crippen LogP contribution in [0.25, 0.3) is 0 Å². The summed E-state index contributed by atoms with van der Waals surface area (Å²) in [5.74, 6) is -0.0642. The summed E-state index contributed by atoms with van der Waals surface area (Å²) in [6.45, 7) is 6.79. The summed E-state index contributed by atoms with van der Waals surface area (Å²) in [5, 5.41) is 3.45. The summed E-state index contributed by atoms with van der Waals surface area (Å²) < 4.78 is 5.20. The fourth-order valence-electron chi connectivity index (χ4n) is 2.62. The van der Waals surface area contributed by atoms with Crippen LogP contribution in [0.5, 0.6) is 0 Å². The van der Waals surface area contributed by atoms with Crippen LogP contribution >= 0.6 is 0 Å². The average Bonchev–Trinajstić information content (AvgIpc) is 3.30. The minimum Gasteiger partial charge on any atom is -0.465 e. The van der Waals surface area contributed by atoms with Crippen LogP contribution in [-0.2, 0) is 9.53 Å². The quantitative estimate of drug-likeness (QED) is 0.591. The lowest BCUT2D eigenvalue weighted by molar-refractivity contribution is -0.146. The van der Waals surface area contributed by atoms with Gasteiger partial charge >= 0.3 is 5.97 Å². The number of hydrogen-bond donors (Lipinski definition) is 1. The van der Waals surface area contributed by atoms with Crippen LogP contribution in [0, 0.1) is 0 Å². The molecule has 1 unspecified atom stereocenters. The molecule has 1 N–H and O–H groups in total. The minimum atomic E-state index is -0.106. The molecular formula is C16H30N2O2. The number of carbonyl (C=O) groups is 1. The highest BCUT2D eigenvalue weighted by molar-refractivity contribution is 5.75. The first-order chi connectivity index (χ1) is 9.74. The molecule has 116 valence electrons. The van der Waals surface area contributed by atoms with Gasteiger partial charge in [-0.3, -0.25) is 4.79 Å². The van der Waals surface area contributed by atoms with E-state index < -0.39 is 0 Å². The van der Waals surface area contributed by atoms with Crippen molar-refractivity contribution in [2.75, 3.05) is 19.7 Å². The Bertz CT molecular complexity index is 301. The van der Waals surface area contributed by atoms with Crippen molar-refractivity contribution in [3.8, 4) is 0 Å². The van der Waals surface area contributed by atoms with E-state index >= 15 is 0 Å². The van der Waals surface area contributed by atoms with Gasteiger partial charge in [-0.15, -0.1) is 0 Å². The smallest absolute Gasteiger partial charge is 0.323 e. The van der Waals surface area contributed by atoms with Gasteiger partial charge in [0.2, 0.25) is 0 Å². The van der Waals surface area contributed by atoms with Crippen LogP contribution in [0.3, 0.4) is 0 Å². The van der Waals surface area contributed by atoms with Crippen LogP contribution < -0.4 is 5.32 Å². The van der Waals surface area contributed by atoms with Crippen molar-refractivity contribution in [1.82, 2.24) is 10.2 Å². The molecular weight excluding hydrogens is 252 g/mol. The molecule has 0 amide bonds. The standard InChI is InChI=1S/C16H30N2O2/c1-3-5-11-18(14-8-9-14)12-10-15(16(19)20-4-2)17-13-6-7-13/h13-15,17H,3-12H2,1-2H3. The Morgan fingerprint density at radius 3 is 2.55 bits per heavy atom. The van der Waals surface area contributed by atoms with Crippen molar-refractivity contribution in [2.24, 2.45) is 0 Å². The first-order valence-electron chi connectivity index (χ1n) is 8.41. The normalized spacial score (nSPS) is 20.1. The molecule has 0 heterocycles. The van der Waals surface area contributed by atoms with Crippen LogP contribution in [0.2, 0.25) is 0 Å². The summed E-state index contributed by atoms with van der Waals surface area (Å²) in [6, 6.07) is 1.23. The third-order valence-electron chi connectivity index (χ3n) is 4.15. The van der Waals surface area contributed by atoms with Gasteiger partial charge in [-0.2, -0.15) is 0 Å². The van der Waals surface area contributed by atoms with Gasteiger partial charge in [0, 0.05) is 18.6 Å². The van der Waals surface area contributed by atoms with Crippen molar-refractivity contribution < 1.29 is 9.53 Å². The monoisotopic (exact) mass is 282 g/mol. The Kier molecular flexibility index (Phi) is 6.30. The van der Waals surface area contributed by atoms with Crippen molar-refractivity contribution in [2.45, 2.75) is 76.9 Å². The van der Waals surface area contributed by atoms with E-state index in [4.69, 9.17) is 4.74 Å². The first-order valence-corrected chi connectivity index (χ1v) is 8.41. The highest BCUT2D eigenvalue weighted by atomic mass is 16.5. The average molecular weight is 282 g/mol. The van der Waals surface area contributed by atoms with E-state index in [2.05, 4.69) is 17.1 Å². The molecule has 0 aliphatic heterocycles. The third-order valence-corrected chi connectivity index (χ3v) is 4.15. The van der Waals surface area contributed by atoms with E-state index in [1.807, 2.05) is 6.92 Å². The van der Waals surface area contributed by atoms with Crippen molar-refractivity contribution >= 4 is 5.97 Å². The Hall–Kier alpha value is -0.610. The van der Waals surface area contributed by atoms with Crippen LogP contribution in [0.1, 0.15) is 58.8 Å². The molecule has 20 heavy (non-hydrogen) atoms. The number of nitrogens with one attached hydrogen (secondary N) is 1. The molecule has 0 aromatic rings. The van der Waals surface area contributed by atoms with Crippen molar-refractivity contribution in [3.05, 3.63) is 0 Å². The molecule has 0 saturated heterocycles. The summed E-state index contributed by atoms with van der Waals surface area (Å²) >= 11 is 0. The van der Waals surface area contributed by atoms with E-state index in [0.717, 1.165) is 19.0 Å². The summed E-state index contributed by atoms with van der Waals surface area (Å²) in [5.41, 5.74) is 0. The molecule has 4 nitrogen and oxygen atoms in total. The molecule has 0 bridgehead atoms. The number of unbranched alkanes of at least 4 members (excludes halogenated alkanes) is 1. The predicted molar refractivity (Wildman–Crippen MR) is 80.7 cm³/mol. The lowest BCUT2D eigenvalue weighted by Gasteiger charge is -2.24. The highest BCUT2D eigenvalue weighted by Gasteiger charge is 2.32. The van der Waals surface area contributed by atoms with E-state index in [1.54, 1.807) is 0 Å². The predicted octanol–water partition coefficient (Wildman–Crippen LogP) is 2.32. The van der Waals surface area contributed by atoms with Gasteiger partial charge < -0.3 is 15.0 Å². The van der Waals surface area contributed by atoms with Crippen LogP contribution in [0.15, 0.2) is 0 Å². The maximum atomic E-state index is 12.0. The number of hydrogen-bond acceptors (Lipinski definition) is 4. The second kappa shape index (κ2) is 7.99. The molecule has 0 spiro atoms. The largest absolute Gasteiger partial charge is 0.465 e. The van der Waals surface area contributed by atoms with Crippen molar-refractivity contribution in [3.63, 3.8) is 0 Å². The van der Waals surface area contributed by atoms with E-state index in [0.29, 0.717) is 12.6 Å². The maximum absolute atomic E-state index is 12.0. The fraction of sp³-hybridized carbons (Fsp3) is 0.938. The van der Waals surface area contributed by atoms with Gasteiger partial charge in [-0.1, -0.05) is 13.3 Å². The van der Waals surface area contributed by atoms with E-state index in [-0.39, 0.29) is 12.0 Å². The summed E-state index contributed by atoms with van der Waals surface area (Å²) in [6.07, 6.45) is 8.47. The second-order valence-electron chi connectivity index (χ2n) is 6.15. The summed E-state index contributed by atoms with van der Waals surface area (Å²) in [4.78, 5) is 14.6. The molecule has 1 atom stereocenters. The third kappa shape index (κ3) is 5.41. The maximum Gasteiger partial charge on any atom is 0.323 e. The Morgan fingerprint density at radius 2 is 2.00 bits per heavy atom. The molecule has 2 rings (SSSR count). The van der Waals surface area contributed by atoms with E-state index in [1.165, 1.54) is 45.1 Å². The molecule has 2 fully saturated rings. The lowest BCUT2D eigenvalue weighted by Crippen LogP contribution is -2.42. The van der Waals surface area contributed by atoms with Gasteiger partial charge in [-0.05, 0) is 52.0 Å².